The van der Waals surface area contributed by atoms with Crippen molar-refractivity contribution in [2.24, 2.45) is 5.73 Å². The predicted octanol–water partition coefficient (Wildman–Crippen LogP) is 2.03. The summed E-state index contributed by atoms with van der Waals surface area (Å²) in [5, 5.41) is 5.74. The molecule has 1 saturated carbocycles. The molecule has 21 heavy (non-hydrogen) atoms. The molecular formula is C16H23N3O2. The smallest absolute Gasteiger partial charge is 0.251 e. The fraction of sp³-hybridized carbons (Fsp3) is 0.500. The normalized spacial score (nSPS) is 16.2. The quantitative estimate of drug-likeness (QED) is 0.775. The van der Waals surface area contributed by atoms with Crippen LogP contribution in [0.3, 0.4) is 0 Å². The van der Waals surface area contributed by atoms with E-state index < -0.39 is 5.54 Å². The number of anilines is 1. The van der Waals surface area contributed by atoms with Crippen LogP contribution < -0.4 is 16.4 Å². The minimum absolute atomic E-state index is 0.114. The van der Waals surface area contributed by atoms with Gasteiger partial charge in [0.1, 0.15) is 0 Å². The Balaban J connectivity index is 1.98. The maximum atomic E-state index is 12.1. The van der Waals surface area contributed by atoms with Gasteiger partial charge in [0.05, 0.1) is 5.54 Å². The maximum absolute atomic E-state index is 12.1. The highest BCUT2D eigenvalue weighted by Gasteiger charge is 2.45. The van der Waals surface area contributed by atoms with Gasteiger partial charge in [-0.25, -0.2) is 0 Å². The van der Waals surface area contributed by atoms with E-state index in [4.69, 9.17) is 5.73 Å². The van der Waals surface area contributed by atoms with E-state index >= 15 is 0 Å². The van der Waals surface area contributed by atoms with Crippen LogP contribution in [0.1, 0.15) is 50.4 Å². The first-order valence-corrected chi connectivity index (χ1v) is 7.29. The molecule has 0 aliphatic heterocycles. The van der Waals surface area contributed by atoms with E-state index in [1.165, 1.54) is 0 Å². The van der Waals surface area contributed by atoms with E-state index in [-0.39, 0.29) is 17.4 Å². The summed E-state index contributed by atoms with van der Waals surface area (Å²) in [5.41, 5.74) is 6.13. The van der Waals surface area contributed by atoms with Gasteiger partial charge >= 0.3 is 0 Å². The fourth-order valence-corrected chi connectivity index (χ4v) is 1.79. The van der Waals surface area contributed by atoms with Crippen LogP contribution in [0.15, 0.2) is 24.3 Å². The van der Waals surface area contributed by atoms with Gasteiger partial charge < -0.3 is 16.4 Å². The highest BCUT2D eigenvalue weighted by atomic mass is 16.2. The molecule has 4 N–H and O–H groups in total. The molecule has 0 unspecified atom stereocenters. The van der Waals surface area contributed by atoms with Crippen LogP contribution in [0.5, 0.6) is 0 Å². The predicted molar refractivity (Wildman–Crippen MR) is 83.1 cm³/mol. The van der Waals surface area contributed by atoms with Crippen LogP contribution >= 0.6 is 0 Å². The second kappa shape index (κ2) is 5.48. The first-order chi connectivity index (χ1) is 9.76. The van der Waals surface area contributed by atoms with E-state index in [1.807, 2.05) is 20.8 Å². The zero-order chi connectivity index (χ0) is 15.7. The zero-order valence-corrected chi connectivity index (χ0v) is 12.8. The third-order valence-electron chi connectivity index (χ3n) is 3.98. The molecule has 2 amide bonds. The summed E-state index contributed by atoms with van der Waals surface area (Å²) in [7, 11) is 0. The van der Waals surface area contributed by atoms with Crippen molar-refractivity contribution in [1.82, 2.24) is 5.32 Å². The van der Waals surface area contributed by atoms with Crippen molar-refractivity contribution >= 4 is 17.5 Å². The molecule has 0 bridgehead atoms. The molecule has 0 heterocycles. The van der Waals surface area contributed by atoms with Gasteiger partial charge in [-0.15, -0.1) is 0 Å². The Morgan fingerprint density at radius 2 is 1.81 bits per heavy atom. The molecule has 1 aromatic rings. The minimum Gasteiger partial charge on any atom is -0.347 e. The first kappa shape index (κ1) is 15.5. The molecule has 2 rings (SSSR count). The van der Waals surface area contributed by atoms with Gasteiger partial charge in [-0.05, 0) is 57.4 Å². The maximum Gasteiger partial charge on any atom is 0.251 e. The van der Waals surface area contributed by atoms with Crippen molar-refractivity contribution in [2.75, 3.05) is 5.32 Å². The third kappa shape index (κ3) is 3.82. The Labute approximate surface area is 125 Å². The molecule has 1 fully saturated rings. The molecule has 0 spiro atoms. The molecule has 5 nitrogen and oxygen atoms in total. The monoisotopic (exact) mass is 289 g/mol. The van der Waals surface area contributed by atoms with Gasteiger partial charge in [0.25, 0.3) is 5.91 Å². The minimum atomic E-state index is -0.693. The summed E-state index contributed by atoms with van der Waals surface area (Å²) in [6.45, 7) is 5.99. The standard InChI is InChI=1S/C16H23N3O2/c1-4-15(2,3)19-13(20)11-5-7-12(8-6-11)18-14(21)16(17)9-10-16/h5-8H,4,9-10,17H2,1-3H3,(H,18,21)(H,19,20). The number of carbonyl (C=O) groups excluding carboxylic acids is 2. The summed E-state index contributed by atoms with van der Waals surface area (Å²) < 4.78 is 0. The van der Waals surface area contributed by atoms with Crippen molar-refractivity contribution in [3.63, 3.8) is 0 Å². The number of hydrogen-bond acceptors (Lipinski definition) is 3. The van der Waals surface area contributed by atoms with Crippen molar-refractivity contribution in [2.45, 2.75) is 51.1 Å². The first-order valence-electron chi connectivity index (χ1n) is 7.29. The summed E-state index contributed by atoms with van der Waals surface area (Å²) >= 11 is 0. The number of hydrogen-bond donors (Lipinski definition) is 3. The molecule has 1 aliphatic rings. The van der Waals surface area contributed by atoms with Crippen LogP contribution in [0, 0.1) is 0 Å². The molecule has 1 aliphatic carbocycles. The molecule has 1 aromatic carbocycles. The zero-order valence-electron chi connectivity index (χ0n) is 12.8. The lowest BCUT2D eigenvalue weighted by atomic mass is 10.0. The number of rotatable bonds is 5. The lowest BCUT2D eigenvalue weighted by Gasteiger charge is -2.24. The Bertz CT molecular complexity index is 545. The van der Waals surface area contributed by atoms with Crippen LogP contribution in [0.4, 0.5) is 5.69 Å². The van der Waals surface area contributed by atoms with E-state index in [0.717, 1.165) is 19.3 Å². The highest BCUT2D eigenvalue weighted by Crippen LogP contribution is 2.33. The van der Waals surface area contributed by atoms with Crippen molar-refractivity contribution in [3.8, 4) is 0 Å². The summed E-state index contributed by atoms with van der Waals surface area (Å²) in [4.78, 5) is 23.9. The van der Waals surface area contributed by atoms with Gasteiger partial charge in [-0.1, -0.05) is 6.92 Å². The molecule has 0 aromatic heterocycles. The molecular weight excluding hydrogens is 266 g/mol. The Kier molecular flexibility index (Phi) is 4.05. The number of nitrogens with one attached hydrogen (secondary N) is 2. The second-order valence-corrected chi connectivity index (χ2v) is 6.38. The van der Waals surface area contributed by atoms with Crippen LogP contribution in [0.2, 0.25) is 0 Å². The molecule has 0 atom stereocenters. The lowest BCUT2D eigenvalue weighted by Crippen LogP contribution is -2.42. The number of amides is 2. The van der Waals surface area contributed by atoms with Gasteiger partial charge in [-0.3, -0.25) is 9.59 Å². The largest absolute Gasteiger partial charge is 0.347 e. The Morgan fingerprint density at radius 1 is 1.24 bits per heavy atom. The van der Waals surface area contributed by atoms with Crippen LogP contribution in [-0.2, 0) is 4.79 Å². The fourth-order valence-electron chi connectivity index (χ4n) is 1.79. The van der Waals surface area contributed by atoms with Gasteiger partial charge in [0.15, 0.2) is 0 Å². The Hall–Kier alpha value is -1.88. The highest BCUT2D eigenvalue weighted by molar-refractivity contribution is 6.00. The summed E-state index contributed by atoms with van der Waals surface area (Å²) in [6, 6.07) is 6.84. The number of nitrogens with two attached hydrogens (primary N) is 1. The third-order valence-corrected chi connectivity index (χ3v) is 3.98. The molecule has 0 radical (unpaired) electrons. The van der Waals surface area contributed by atoms with Crippen molar-refractivity contribution in [1.29, 1.82) is 0 Å². The van der Waals surface area contributed by atoms with Crippen LogP contribution in [-0.4, -0.2) is 22.9 Å². The second-order valence-electron chi connectivity index (χ2n) is 6.38. The van der Waals surface area contributed by atoms with E-state index in [1.54, 1.807) is 24.3 Å². The Morgan fingerprint density at radius 3 is 2.29 bits per heavy atom. The van der Waals surface area contributed by atoms with Crippen molar-refractivity contribution in [3.05, 3.63) is 29.8 Å². The van der Waals surface area contributed by atoms with Gasteiger partial charge in [0.2, 0.25) is 5.91 Å². The number of carbonyl (C=O) groups is 2. The summed E-state index contributed by atoms with van der Waals surface area (Å²) in [6.07, 6.45) is 2.31. The SMILES string of the molecule is CCC(C)(C)NC(=O)c1ccc(NC(=O)C2(N)CC2)cc1. The van der Waals surface area contributed by atoms with E-state index in [0.29, 0.717) is 11.3 Å². The average Bonchev–Trinajstić information content (AvgIpc) is 3.18. The number of benzene rings is 1. The van der Waals surface area contributed by atoms with E-state index in [9.17, 15) is 9.59 Å². The van der Waals surface area contributed by atoms with Gasteiger partial charge in [0, 0.05) is 16.8 Å². The van der Waals surface area contributed by atoms with E-state index in [2.05, 4.69) is 10.6 Å². The lowest BCUT2D eigenvalue weighted by molar-refractivity contribution is -0.118. The molecule has 0 saturated heterocycles. The molecule has 5 heteroatoms. The summed E-state index contributed by atoms with van der Waals surface area (Å²) in [5.74, 6) is -0.274. The van der Waals surface area contributed by atoms with Crippen LogP contribution in [0.25, 0.3) is 0 Å². The molecule has 114 valence electrons. The average molecular weight is 289 g/mol. The van der Waals surface area contributed by atoms with Gasteiger partial charge in [-0.2, -0.15) is 0 Å². The topological polar surface area (TPSA) is 84.2 Å². The van der Waals surface area contributed by atoms with Crippen molar-refractivity contribution < 1.29 is 9.59 Å².